The molecular formula is C13H19N3O4S. The molecule has 1 saturated heterocycles. The van der Waals surface area contributed by atoms with Gasteiger partial charge in [-0.15, -0.1) is 0 Å². The van der Waals surface area contributed by atoms with Crippen LogP contribution in [0.5, 0.6) is 0 Å². The van der Waals surface area contributed by atoms with Crippen LogP contribution < -0.4 is 5.32 Å². The molecule has 1 aliphatic rings. The van der Waals surface area contributed by atoms with Crippen LogP contribution in [-0.2, 0) is 9.84 Å². The summed E-state index contributed by atoms with van der Waals surface area (Å²) < 4.78 is 22.3. The summed E-state index contributed by atoms with van der Waals surface area (Å²) in [6, 6.07) is 6.57. The third kappa shape index (κ3) is 4.98. The molecular weight excluding hydrogens is 294 g/mol. The van der Waals surface area contributed by atoms with E-state index in [0.717, 1.165) is 25.2 Å². The van der Waals surface area contributed by atoms with Gasteiger partial charge in [0.2, 0.25) is 0 Å². The van der Waals surface area contributed by atoms with E-state index in [4.69, 9.17) is 0 Å². The molecule has 0 bridgehead atoms. The van der Waals surface area contributed by atoms with Crippen molar-refractivity contribution in [3.8, 4) is 0 Å². The lowest BCUT2D eigenvalue weighted by atomic mass is 10.2. The normalized spacial score (nSPS) is 19.6. The van der Waals surface area contributed by atoms with Gasteiger partial charge >= 0.3 is 0 Å². The minimum absolute atomic E-state index is 0.0711. The lowest BCUT2D eigenvalue weighted by molar-refractivity contribution is -0.384. The molecule has 2 rings (SSSR count). The monoisotopic (exact) mass is 313 g/mol. The van der Waals surface area contributed by atoms with Crippen molar-refractivity contribution < 1.29 is 13.3 Å². The van der Waals surface area contributed by atoms with Crippen LogP contribution in [0.25, 0.3) is 0 Å². The van der Waals surface area contributed by atoms with Gasteiger partial charge in [0.25, 0.3) is 5.69 Å². The van der Waals surface area contributed by atoms with Gasteiger partial charge in [-0.25, -0.2) is 8.42 Å². The van der Waals surface area contributed by atoms with Gasteiger partial charge in [-0.2, -0.15) is 0 Å². The van der Waals surface area contributed by atoms with Crippen molar-refractivity contribution in [2.24, 2.45) is 0 Å². The predicted octanol–water partition coefficient (Wildman–Crippen LogP) is 1.13. The molecule has 0 amide bonds. The van der Waals surface area contributed by atoms with Gasteiger partial charge < -0.3 is 10.2 Å². The number of sulfone groups is 1. The number of nitro benzene ring substituents is 1. The van der Waals surface area contributed by atoms with E-state index in [-0.39, 0.29) is 17.5 Å². The molecule has 0 aliphatic carbocycles. The third-order valence-electron chi connectivity index (χ3n) is 3.50. The van der Waals surface area contributed by atoms with Gasteiger partial charge in [-0.1, -0.05) is 0 Å². The van der Waals surface area contributed by atoms with Crippen LogP contribution in [0.2, 0.25) is 0 Å². The molecule has 1 heterocycles. The fourth-order valence-corrected chi connectivity index (χ4v) is 2.95. The lowest BCUT2D eigenvalue weighted by Crippen LogP contribution is -2.30. The van der Waals surface area contributed by atoms with Crippen LogP contribution in [0.3, 0.4) is 0 Å². The van der Waals surface area contributed by atoms with Gasteiger partial charge in [-0.3, -0.25) is 10.1 Å². The standard InChI is InChI=1S/C13H19N3O4S/c1-21(19,20)9-8-15-7-6-12(10-15)14-11-2-4-13(5-3-11)16(17)18/h2-5,12,14H,6-10H2,1H3/t12-/m0/s1. The molecule has 7 nitrogen and oxygen atoms in total. The maximum Gasteiger partial charge on any atom is 0.269 e. The topological polar surface area (TPSA) is 92.6 Å². The molecule has 0 saturated carbocycles. The number of non-ortho nitro benzene ring substituents is 1. The smallest absolute Gasteiger partial charge is 0.269 e. The highest BCUT2D eigenvalue weighted by Gasteiger charge is 2.23. The molecule has 1 aromatic carbocycles. The summed E-state index contributed by atoms with van der Waals surface area (Å²) in [4.78, 5) is 12.3. The lowest BCUT2D eigenvalue weighted by Gasteiger charge is -2.16. The molecule has 0 radical (unpaired) electrons. The Hall–Kier alpha value is -1.67. The minimum Gasteiger partial charge on any atom is -0.381 e. The van der Waals surface area contributed by atoms with E-state index in [9.17, 15) is 18.5 Å². The Kier molecular flexibility index (Phi) is 4.79. The predicted molar refractivity (Wildman–Crippen MR) is 81.3 cm³/mol. The molecule has 1 N–H and O–H groups in total. The number of hydrogen-bond donors (Lipinski definition) is 1. The SMILES string of the molecule is CS(=O)(=O)CCN1CC[C@H](Nc2ccc([N+](=O)[O-])cc2)C1. The molecule has 1 aliphatic heterocycles. The first-order chi connectivity index (χ1) is 9.83. The zero-order valence-electron chi connectivity index (χ0n) is 11.9. The maximum absolute atomic E-state index is 11.2. The number of nitrogens with one attached hydrogen (secondary N) is 1. The van der Waals surface area contributed by atoms with Gasteiger partial charge in [0, 0.05) is 49.8 Å². The van der Waals surface area contributed by atoms with Crippen molar-refractivity contribution in [1.82, 2.24) is 4.90 Å². The summed E-state index contributed by atoms with van der Waals surface area (Å²) in [5.74, 6) is 0.178. The van der Waals surface area contributed by atoms with Crippen molar-refractivity contribution in [2.45, 2.75) is 12.5 Å². The van der Waals surface area contributed by atoms with Crippen molar-refractivity contribution in [1.29, 1.82) is 0 Å². The summed E-state index contributed by atoms with van der Waals surface area (Å²) >= 11 is 0. The molecule has 1 fully saturated rings. The van der Waals surface area contributed by atoms with E-state index in [0.29, 0.717) is 6.54 Å². The van der Waals surface area contributed by atoms with Gasteiger partial charge in [-0.05, 0) is 18.6 Å². The second kappa shape index (κ2) is 6.40. The molecule has 116 valence electrons. The number of anilines is 1. The zero-order chi connectivity index (χ0) is 15.5. The van der Waals surface area contributed by atoms with E-state index in [1.165, 1.54) is 18.4 Å². The fraction of sp³-hybridized carbons (Fsp3) is 0.538. The van der Waals surface area contributed by atoms with Crippen LogP contribution in [-0.4, -0.2) is 55.9 Å². The summed E-state index contributed by atoms with van der Waals surface area (Å²) in [6.45, 7) is 2.20. The third-order valence-corrected chi connectivity index (χ3v) is 4.42. The van der Waals surface area contributed by atoms with Gasteiger partial charge in [0.05, 0.1) is 10.7 Å². The molecule has 8 heteroatoms. The first-order valence-electron chi connectivity index (χ1n) is 6.74. The van der Waals surface area contributed by atoms with E-state index in [1.54, 1.807) is 12.1 Å². The zero-order valence-corrected chi connectivity index (χ0v) is 12.7. The number of nitrogens with zero attached hydrogens (tertiary/aromatic N) is 2. The summed E-state index contributed by atoms with van der Waals surface area (Å²) in [7, 11) is -2.93. The van der Waals surface area contributed by atoms with E-state index >= 15 is 0 Å². The second-order valence-electron chi connectivity index (χ2n) is 5.36. The van der Waals surface area contributed by atoms with Crippen molar-refractivity contribution >= 4 is 21.2 Å². The first kappa shape index (κ1) is 15.7. The number of rotatable bonds is 6. The number of hydrogen-bond acceptors (Lipinski definition) is 6. The summed E-state index contributed by atoms with van der Waals surface area (Å²) in [5, 5.41) is 13.9. The number of likely N-dealkylation sites (tertiary alicyclic amines) is 1. The second-order valence-corrected chi connectivity index (χ2v) is 7.62. The van der Waals surface area contributed by atoms with E-state index in [2.05, 4.69) is 10.2 Å². The van der Waals surface area contributed by atoms with Crippen molar-refractivity contribution in [2.75, 3.05) is 37.0 Å². The molecule has 1 atom stereocenters. The van der Waals surface area contributed by atoms with Gasteiger partial charge in [0.15, 0.2) is 0 Å². The Balaban J connectivity index is 1.83. The Morgan fingerprint density at radius 1 is 1.38 bits per heavy atom. The van der Waals surface area contributed by atoms with E-state index < -0.39 is 14.8 Å². The Bertz CT molecular complexity index is 600. The Labute approximate surface area is 124 Å². The number of nitro groups is 1. The highest BCUT2D eigenvalue weighted by atomic mass is 32.2. The molecule has 1 aromatic rings. The van der Waals surface area contributed by atoms with Crippen LogP contribution in [0.1, 0.15) is 6.42 Å². The molecule has 21 heavy (non-hydrogen) atoms. The Morgan fingerprint density at radius 3 is 2.62 bits per heavy atom. The quantitative estimate of drug-likeness (QED) is 0.625. The molecule has 0 unspecified atom stereocenters. The van der Waals surface area contributed by atoms with E-state index in [1.807, 2.05) is 0 Å². The first-order valence-corrected chi connectivity index (χ1v) is 8.80. The Morgan fingerprint density at radius 2 is 2.05 bits per heavy atom. The average Bonchev–Trinajstić information content (AvgIpc) is 2.84. The largest absolute Gasteiger partial charge is 0.381 e. The highest BCUT2D eigenvalue weighted by molar-refractivity contribution is 7.90. The average molecular weight is 313 g/mol. The van der Waals surface area contributed by atoms with Crippen molar-refractivity contribution in [3.63, 3.8) is 0 Å². The number of benzene rings is 1. The van der Waals surface area contributed by atoms with Crippen LogP contribution in [0.15, 0.2) is 24.3 Å². The fourth-order valence-electron chi connectivity index (χ4n) is 2.36. The van der Waals surface area contributed by atoms with Crippen LogP contribution in [0.4, 0.5) is 11.4 Å². The summed E-state index contributed by atoms with van der Waals surface area (Å²) in [6.07, 6.45) is 2.18. The minimum atomic E-state index is -2.93. The highest BCUT2D eigenvalue weighted by Crippen LogP contribution is 2.19. The van der Waals surface area contributed by atoms with Crippen LogP contribution in [0, 0.1) is 10.1 Å². The molecule has 0 aromatic heterocycles. The van der Waals surface area contributed by atoms with Gasteiger partial charge in [0.1, 0.15) is 9.84 Å². The maximum atomic E-state index is 11.2. The molecule has 0 spiro atoms. The summed E-state index contributed by atoms with van der Waals surface area (Å²) in [5.41, 5.74) is 0.914. The van der Waals surface area contributed by atoms with Crippen molar-refractivity contribution in [3.05, 3.63) is 34.4 Å². The van der Waals surface area contributed by atoms with Crippen LogP contribution >= 0.6 is 0 Å².